The predicted molar refractivity (Wildman–Crippen MR) is 118 cm³/mol. The van der Waals surface area contributed by atoms with Crippen molar-refractivity contribution in [2.24, 2.45) is 5.92 Å². The summed E-state index contributed by atoms with van der Waals surface area (Å²) in [5.41, 5.74) is 0.676. The fourth-order valence-electron chi connectivity index (χ4n) is 3.53. The Bertz CT molecular complexity index is 1200. The minimum Gasteiger partial charge on any atom is -0.495 e. The van der Waals surface area contributed by atoms with Gasteiger partial charge in [-0.3, -0.25) is 4.79 Å². The van der Waals surface area contributed by atoms with Crippen molar-refractivity contribution in [3.8, 4) is 5.75 Å². The van der Waals surface area contributed by atoms with Gasteiger partial charge < -0.3 is 10.1 Å². The van der Waals surface area contributed by atoms with Crippen LogP contribution >= 0.6 is 23.1 Å². The van der Waals surface area contributed by atoms with Gasteiger partial charge in [-0.2, -0.15) is 8.68 Å². The van der Waals surface area contributed by atoms with Gasteiger partial charge in [-0.1, -0.05) is 11.6 Å². The Kier molecular flexibility index (Phi) is 5.97. The average molecular weight is 466 g/mol. The molecule has 1 unspecified atom stereocenters. The number of anilines is 1. The molecule has 7 nitrogen and oxygen atoms in total. The van der Waals surface area contributed by atoms with Crippen LogP contribution in [0.15, 0.2) is 47.5 Å². The summed E-state index contributed by atoms with van der Waals surface area (Å²) >= 11 is 7.50. The Balaban J connectivity index is 1.49. The largest absolute Gasteiger partial charge is 0.495 e. The fourth-order valence-corrected chi connectivity index (χ4v) is 6.02. The lowest BCUT2D eigenvalue weighted by molar-refractivity contribution is -0.120. The number of hydrogen-bond acceptors (Lipinski definition) is 6. The van der Waals surface area contributed by atoms with E-state index < -0.39 is 15.9 Å². The number of fused-ring (bicyclic) bond motifs is 1. The van der Waals surface area contributed by atoms with E-state index in [-0.39, 0.29) is 22.4 Å². The molecule has 1 fully saturated rings. The zero-order chi connectivity index (χ0) is 21.3. The molecule has 0 aliphatic carbocycles. The molecule has 10 heteroatoms. The van der Waals surface area contributed by atoms with Gasteiger partial charge in [0.15, 0.2) is 0 Å². The molecular weight excluding hydrogens is 446 g/mol. The van der Waals surface area contributed by atoms with Crippen molar-refractivity contribution in [1.82, 2.24) is 8.68 Å². The Morgan fingerprint density at radius 2 is 2.13 bits per heavy atom. The highest BCUT2D eigenvalue weighted by atomic mass is 35.5. The van der Waals surface area contributed by atoms with Crippen molar-refractivity contribution in [1.29, 1.82) is 0 Å². The number of carbonyl (C=O) groups is 1. The molecule has 3 aromatic rings. The minimum absolute atomic E-state index is 0.0877. The molecule has 2 heterocycles. The second kappa shape index (κ2) is 8.50. The maximum Gasteiger partial charge on any atom is 0.243 e. The lowest BCUT2D eigenvalue weighted by Gasteiger charge is -2.31. The second-order valence-electron chi connectivity index (χ2n) is 7.07. The van der Waals surface area contributed by atoms with Gasteiger partial charge in [-0.05, 0) is 60.8 Å². The van der Waals surface area contributed by atoms with Gasteiger partial charge in [0.05, 0.1) is 27.6 Å². The second-order valence-corrected chi connectivity index (χ2v) is 10.2. The number of hydrogen-bond donors (Lipinski definition) is 1. The van der Waals surface area contributed by atoms with Crippen LogP contribution in [0.4, 0.5) is 5.69 Å². The molecule has 4 rings (SSSR count). The monoisotopic (exact) mass is 465 g/mol. The van der Waals surface area contributed by atoms with Crippen LogP contribution < -0.4 is 10.1 Å². The third kappa shape index (κ3) is 4.15. The van der Waals surface area contributed by atoms with Gasteiger partial charge in [0, 0.05) is 30.4 Å². The highest BCUT2D eigenvalue weighted by Gasteiger charge is 2.33. The highest BCUT2D eigenvalue weighted by Crippen LogP contribution is 2.30. The molecular formula is C20H20ClN3O4S2. The fraction of sp³-hybridized carbons (Fsp3) is 0.300. The quantitative estimate of drug-likeness (QED) is 0.615. The van der Waals surface area contributed by atoms with E-state index in [1.165, 1.54) is 41.1 Å². The first-order valence-electron chi connectivity index (χ1n) is 9.37. The van der Waals surface area contributed by atoms with Crippen LogP contribution in [0.3, 0.4) is 0 Å². The summed E-state index contributed by atoms with van der Waals surface area (Å²) in [7, 11) is -2.30. The number of nitrogens with one attached hydrogen (secondary N) is 1. The molecule has 1 aliphatic rings. The summed E-state index contributed by atoms with van der Waals surface area (Å²) < 4.78 is 37.8. The molecule has 0 spiro atoms. The van der Waals surface area contributed by atoms with Crippen LogP contribution in [0.25, 0.3) is 10.1 Å². The molecule has 158 valence electrons. The lowest BCUT2D eigenvalue weighted by Crippen LogP contribution is -2.43. The van der Waals surface area contributed by atoms with E-state index in [1.54, 1.807) is 6.20 Å². The molecule has 1 amide bonds. The Labute approximate surface area is 183 Å². The number of aromatic nitrogens is 1. The maximum atomic E-state index is 13.1. The van der Waals surface area contributed by atoms with Gasteiger partial charge in [-0.25, -0.2) is 8.42 Å². The van der Waals surface area contributed by atoms with Crippen molar-refractivity contribution in [2.45, 2.75) is 17.7 Å². The number of methoxy groups -OCH3 is 1. The normalized spacial score (nSPS) is 17.7. The van der Waals surface area contributed by atoms with Crippen LogP contribution in [0.5, 0.6) is 5.75 Å². The molecule has 30 heavy (non-hydrogen) atoms. The predicted octanol–water partition coefficient (Wildman–Crippen LogP) is 4.00. The SMILES string of the molecule is COc1ccc(S(=O)(=O)N2CCCC(C(=O)Nc3ccc4sncc4c3)C2)cc1Cl. The van der Waals surface area contributed by atoms with E-state index in [4.69, 9.17) is 16.3 Å². The number of ether oxygens (including phenoxy) is 1. The van der Waals surface area contributed by atoms with Crippen molar-refractivity contribution in [3.05, 3.63) is 47.6 Å². The number of halogens is 1. The maximum absolute atomic E-state index is 13.1. The van der Waals surface area contributed by atoms with E-state index in [0.717, 1.165) is 10.1 Å². The number of piperidine rings is 1. The van der Waals surface area contributed by atoms with E-state index in [0.29, 0.717) is 30.8 Å². The number of sulfonamides is 1. The van der Waals surface area contributed by atoms with Crippen molar-refractivity contribution >= 4 is 54.8 Å². The number of carbonyl (C=O) groups excluding carboxylic acids is 1. The van der Waals surface area contributed by atoms with Crippen LogP contribution in [0, 0.1) is 5.92 Å². The van der Waals surface area contributed by atoms with Gasteiger partial charge >= 0.3 is 0 Å². The van der Waals surface area contributed by atoms with Gasteiger partial charge in [0.25, 0.3) is 0 Å². The minimum atomic E-state index is -3.76. The summed E-state index contributed by atoms with van der Waals surface area (Å²) in [5.74, 6) is -0.215. The van der Waals surface area contributed by atoms with E-state index >= 15 is 0 Å². The zero-order valence-corrected chi connectivity index (χ0v) is 18.6. The molecule has 1 aliphatic heterocycles. The summed E-state index contributed by atoms with van der Waals surface area (Å²) in [6.45, 7) is 0.488. The Morgan fingerprint density at radius 3 is 2.90 bits per heavy atom. The number of amides is 1. The van der Waals surface area contributed by atoms with Gasteiger partial charge in [0.1, 0.15) is 5.75 Å². The summed E-state index contributed by atoms with van der Waals surface area (Å²) in [4.78, 5) is 12.9. The number of nitrogens with zero attached hydrogens (tertiary/aromatic N) is 2. The molecule has 0 saturated carbocycles. The summed E-state index contributed by atoms with van der Waals surface area (Å²) in [6, 6.07) is 9.98. The van der Waals surface area contributed by atoms with Crippen molar-refractivity contribution < 1.29 is 17.9 Å². The molecule has 1 N–H and O–H groups in total. The first kappa shape index (κ1) is 21.0. The van der Waals surface area contributed by atoms with Crippen molar-refractivity contribution in [3.63, 3.8) is 0 Å². The lowest BCUT2D eigenvalue weighted by atomic mass is 9.98. The standard InChI is InChI=1S/C20H20ClN3O4S2/c1-28-18-6-5-16(10-17(18)21)30(26,27)24-8-2-3-13(12-24)20(25)23-15-4-7-19-14(9-15)11-22-29-19/h4-7,9-11,13H,2-3,8,12H2,1H3,(H,23,25). The smallest absolute Gasteiger partial charge is 0.243 e. The zero-order valence-electron chi connectivity index (χ0n) is 16.2. The molecule has 0 bridgehead atoms. The van der Waals surface area contributed by atoms with E-state index in [9.17, 15) is 13.2 Å². The summed E-state index contributed by atoms with van der Waals surface area (Å²) in [6.07, 6.45) is 2.99. The number of benzene rings is 2. The first-order valence-corrected chi connectivity index (χ1v) is 12.0. The van der Waals surface area contributed by atoms with E-state index in [1.807, 2.05) is 18.2 Å². The number of rotatable bonds is 5. The molecule has 2 aromatic carbocycles. The van der Waals surface area contributed by atoms with Crippen LogP contribution in [-0.4, -0.2) is 43.2 Å². The molecule has 0 radical (unpaired) electrons. The first-order chi connectivity index (χ1) is 14.4. The summed E-state index contributed by atoms with van der Waals surface area (Å²) in [5, 5.41) is 4.09. The third-order valence-corrected chi connectivity index (χ3v) is 8.07. The van der Waals surface area contributed by atoms with Crippen molar-refractivity contribution in [2.75, 3.05) is 25.5 Å². The van der Waals surface area contributed by atoms with Gasteiger partial charge in [-0.15, -0.1) is 0 Å². The topological polar surface area (TPSA) is 88.6 Å². The van der Waals surface area contributed by atoms with Crippen LogP contribution in [-0.2, 0) is 14.8 Å². The third-order valence-electron chi connectivity index (χ3n) is 5.14. The highest BCUT2D eigenvalue weighted by molar-refractivity contribution is 7.89. The molecule has 1 saturated heterocycles. The Morgan fingerprint density at radius 1 is 1.30 bits per heavy atom. The van der Waals surface area contributed by atoms with Crippen LogP contribution in [0.2, 0.25) is 5.02 Å². The van der Waals surface area contributed by atoms with Gasteiger partial charge in [0.2, 0.25) is 15.9 Å². The molecule has 1 aromatic heterocycles. The van der Waals surface area contributed by atoms with E-state index in [2.05, 4.69) is 9.69 Å². The van der Waals surface area contributed by atoms with Crippen LogP contribution in [0.1, 0.15) is 12.8 Å². The average Bonchev–Trinajstić information content (AvgIpc) is 3.21. The Hall–Kier alpha value is -2.20. The molecule has 1 atom stereocenters.